The van der Waals surface area contributed by atoms with Crippen LogP contribution in [0.15, 0.2) is 21.5 Å². The van der Waals surface area contributed by atoms with Gasteiger partial charge in [-0.05, 0) is 37.1 Å². The summed E-state index contributed by atoms with van der Waals surface area (Å²) >= 11 is 4.96. The van der Waals surface area contributed by atoms with Gasteiger partial charge in [0.25, 0.3) is 0 Å². The maximum absolute atomic E-state index is 11.0. The summed E-state index contributed by atoms with van der Waals surface area (Å²) in [6.07, 6.45) is 0. The molecule has 0 aliphatic heterocycles. The minimum Gasteiger partial charge on any atom is -0.294 e. The van der Waals surface area contributed by atoms with E-state index in [1.165, 1.54) is 11.8 Å². The van der Waals surface area contributed by atoms with E-state index in [0.717, 1.165) is 20.5 Å². The van der Waals surface area contributed by atoms with Gasteiger partial charge in [-0.3, -0.25) is 10.2 Å². The van der Waals surface area contributed by atoms with Gasteiger partial charge in [0.15, 0.2) is 0 Å². The quantitative estimate of drug-likeness (QED) is 0.388. The number of benzene rings is 1. The molecule has 0 heterocycles. The van der Waals surface area contributed by atoms with Gasteiger partial charge in [-0.2, -0.15) is 0 Å². The smallest absolute Gasteiger partial charge is 0.244 e. The zero-order chi connectivity index (χ0) is 11.4. The van der Waals surface area contributed by atoms with E-state index in [4.69, 9.17) is 5.84 Å². The van der Waals surface area contributed by atoms with Gasteiger partial charge in [0, 0.05) is 9.37 Å². The van der Waals surface area contributed by atoms with Crippen molar-refractivity contribution in [2.45, 2.75) is 18.7 Å². The highest BCUT2D eigenvalue weighted by Crippen LogP contribution is 2.28. The zero-order valence-corrected chi connectivity index (χ0v) is 11.0. The molecule has 0 saturated heterocycles. The Hall–Kier alpha value is -0.520. The summed E-state index contributed by atoms with van der Waals surface area (Å²) in [6.45, 7) is 4.05. The van der Waals surface area contributed by atoms with Crippen LogP contribution in [0.1, 0.15) is 11.1 Å². The van der Waals surface area contributed by atoms with Crippen molar-refractivity contribution in [1.82, 2.24) is 5.43 Å². The van der Waals surface area contributed by atoms with Crippen LogP contribution in [-0.4, -0.2) is 11.7 Å². The number of thioether (sulfide) groups is 1. The molecule has 5 heteroatoms. The van der Waals surface area contributed by atoms with Gasteiger partial charge < -0.3 is 0 Å². The highest BCUT2D eigenvalue weighted by molar-refractivity contribution is 9.10. The average molecular weight is 289 g/mol. The first-order valence-electron chi connectivity index (χ1n) is 4.43. The van der Waals surface area contributed by atoms with Crippen LogP contribution in [0.25, 0.3) is 0 Å². The SMILES string of the molecule is Cc1cc(SCC(=O)NN)c(C)cc1Br. The molecule has 0 fully saturated rings. The molecule has 0 radical (unpaired) electrons. The Morgan fingerprint density at radius 3 is 2.73 bits per heavy atom. The van der Waals surface area contributed by atoms with E-state index >= 15 is 0 Å². The summed E-state index contributed by atoms with van der Waals surface area (Å²) in [4.78, 5) is 12.1. The van der Waals surface area contributed by atoms with E-state index in [1.807, 2.05) is 13.8 Å². The number of aryl methyl sites for hydroxylation is 2. The Labute approximate surface area is 102 Å². The molecule has 15 heavy (non-hydrogen) atoms. The Morgan fingerprint density at radius 1 is 1.47 bits per heavy atom. The zero-order valence-electron chi connectivity index (χ0n) is 8.63. The number of amides is 1. The van der Waals surface area contributed by atoms with Gasteiger partial charge >= 0.3 is 0 Å². The topological polar surface area (TPSA) is 55.1 Å². The second-order valence-electron chi connectivity index (χ2n) is 3.22. The molecular formula is C10H13BrN2OS. The van der Waals surface area contributed by atoms with E-state index in [9.17, 15) is 4.79 Å². The lowest BCUT2D eigenvalue weighted by Crippen LogP contribution is -2.31. The number of halogens is 1. The number of carbonyl (C=O) groups excluding carboxylic acids is 1. The Morgan fingerprint density at radius 2 is 2.13 bits per heavy atom. The van der Waals surface area contributed by atoms with Crippen molar-refractivity contribution < 1.29 is 4.79 Å². The molecule has 0 aliphatic carbocycles. The van der Waals surface area contributed by atoms with Crippen LogP contribution in [0.2, 0.25) is 0 Å². The molecule has 1 aromatic rings. The summed E-state index contributed by atoms with van der Waals surface area (Å²) < 4.78 is 1.09. The number of nitrogens with two attached hydrogens (primary N) is 1. The molecule has 0 saturated carbocycles. The minimum atomic E-state index is -0.167. The molecular weight excluding hydrogens is 276 g/mol. The van der Waals surface area contributed by atoms with Crippen LogP contribution in [0.5, 0.6) is 0 Å². The summed E-state index contributed by atoms with van der Waals surface area (Å²) in [7, 11) is 0. The predicted octanol–water partition coefficient (Wildman–Crippen LogP) is 2.15. The van der Waals surface area contributed by atoms with Crippen molar-refractivity contribution in [1.29, 1.82) is 0 Å². The van der Waals surface area contributed by atoms with Crippen molar-refractivity contribution in [3.8, 4) is 0 Å². The van der Waals surface area contributed by atoms with Crippen LogP contribution >= 0.6 is 27.7 Å². The second-order valence-corrected chi connectivity index (χ2v) is 5.09. The number of hydrazine groups is 1. The lowest BCUT2D eigenvalue weighted by molar-refractivity contribution is -0.118. The maximum Gasteiger partial charge on any atom is 0.244 e. The fraction of sp³-hybridized carbons (Fsp3) is 0.300. The molecule has 0 aromatic heterocycles. The van der Waals surface area contributed by atoms with Gasteiger partial charge in [-0.1, -0.05) is 15.9 Å². The largest absolute Gasteiger partial charge is 0.294 e. The lowest BCUT2D eigenvalue weighted by Gasteiger charge is -2.07. The Bertz CT molecular complexity index is 382. The van der Waals surface area contributed by atoms with E-state index in [0.29, 0.717) is 5.75 Å². The van der Waals surface area contributed by atoms with E-state index < -0.39 is 0 Å². The van der Waals surface area contributed by atoms with Crippen LogP contribution < -0.4 is 11.3 Å². The van der Waals surface area contributed by atoms with E-state index in [2.05, 4.69) is 33.5 Å². The third-order valence-corrected chi connectivity index (χ3v) is 3.99. The minimum absolute atomic E-state index is 0.167. The van der Waals surface area contributed by atoms with E-state index in [-0.39, 0.29) is 5.91 Å². The van der Waals surface area contributed by atoms with Crippen LogP contribution in [0.3, 0.4) is 0 Å². The third kappa shape index (κ3) is 3.52. The summed E-state index contributed by atoms with van der Waals surface area (Å²) in [5.41, 5.74) is 4.43. The predicted molar refractivity (Wildman–Crippen MR) is 66.7 cm³/mol. The molecule has 0 aliphatic rings. The molecule has 0 atom stereocenters. The lowest BCUT2D eigenvalue weighted by atomic mass is 10.2. The van der Waals surface area contributed by atoms with Crippen LogP contribution in [0, 0.1) is 13.8 Å². The van der Waals surface area contributed by atoms with Crippen LogP contribution in [-0.2, 0) is 4.79 Å². The van der Waals surface area contributed by atoms with Gasteiger partial charge in [-0.25, -0.2) is 5.84 Å². The molecule has 0 spiro atoms. The maximum atomic E-state index is 11.0. The molecule has 0 bridgehead atoms. The Kier molecular flexibility index (Phi) is 4.63. The molecule has 0 unspecified atom stereocenters. The highest BCUT2D eigenvalue weighted by Gasteiger charge is 2.05. The first kappa shape index (κ1) is 12.5. The summed E-state index contributed by atoms with van der Waals surface area (Å²) in [5.74, 6) is 5.19. The molecule has 1 rings (SSSR count). The van der Waals surface area contributed by atoms with Crippen molar-refractivity contribution in [2.24, 2.45) is 5.84 Å². The number of carbonyl (C=O) groups is 1. The Balaban J connectivity index is 2.77. The fourth-order valence-corrected chi connectivity index (χ4v) is 2.47. The van der Waals surface area contributed by atoms with Gasteiger partial charge in [0.05, 0.1) is 5.75 Å². The normalized spacial score (nSPS) is 10.1. The standard InChI is InChI=1S/C10H13BrN2OS/c1-6-4-9(7(2)3-8(6)11)15-5-10(14)13-12/h3-4H,5,12H2,1-2H3,(H,13,14). The summed E-state index contributed by atoms with van der Waals surface area (Å²) in [5, 5.41) is 0. The third-order valence-electron chi connectivity index (χ3n) is 1.98. The molecule has 1 aromatic carbocycles. The monoisotopic (exact) mass is 288 g/mol. The highest BCUT2D eigenvalue weighted by atomic mass is 79.9. The number of rotatable bonds is 3. The average Bonchev–Trinajstić information content (AvgIpc) is 2.21. The number of nitrogens with one attached hydrogen (secondary N) is 1. The van der Waals surface area contributed by atoms with Crippen molar-refractivity contribution in [3.63, 3.8) is 0 Å². The number of hydrogen-bond donors (Lipinski definition) is 2. The van der Waals surface area contributed by atoms with Gasteiger partial charge in [0.1, 0.15) is 0 Å². The second kappa shape index (κ2) is 5.53. The van der Waals surface area contributed by atoms with E-state index in [1.54, 1.807) is 0 Å². The molecule has 82 valence electrons. The van der Waals surface area contributed by atoms with Gasteiger partial charge in [0.2, 0.25) is 5.91 Å². The molecule has 3 nitrogen and oxygen atoms in total. The van der Waals surface area contributed by atoms with Gasteiger partial charge in [-0.15, -0.1) is 11.8 Å². The summed E-state index contributed by atoms with van der Waals surface area (Å²) in [6, 6.07) is 4.12. The van der Waals surface area contributed by atoms with Crippen LogP contribution in [0.4, 0.5) is 0 Å². The number of hydrogen-bond acceptors (Lipinski definition) is 3. The van der Waals surface area contributed by atoms with Crippen molar-refractivity contribution in [2.75, 3.05) is 5.75 Å². The molecule has 3 N–H and O–H groups in total. The molecule has 1 amide bonds. The first-order valence-corrected chi connectivity index (χ1v) is 6.21. The van der Waals surface area contributed by atoms with Crippen molar-refractivity contribution >= 4 is 33.6 Å². The fourth-order valence-electron chi connectivity index (χ4n) is 1.09. The van der Waals surface area contributed by atoms with Crippen molar-refractivity contribution in [3.05, 3.63) is 27.7 Å². The first-order chi connectivity index (χ1) is 7.04.